The lowest BCUT2D eigenvalue weighted by atomic mass is 9.99. The minimum atomic E-state index is 0.185. The van der Waals surface area contributed by atoms with Gasteiger partial charge in [0.15, 0.2) is 5.78 Å². The Bertz CT molecular complexity index is 830. The Kier molecular flexibility index (Phi) is 3.47. The quantitative estimate of drug-likeness (QED) is 0.657. The molecular formula is C18H16N2OS. The fourth-order valence-electron chi connectivity index (χ4n) is 2.89. The zero-order valence-corrected chi connectivity index (χ0v) is 13.0. The molecule has 1 aliphatic carbocycles. The van der Waals surface area contributed by atoms with Crippen LogP contribution in [0.4, 0.5) is 0 Å². The van der Waals surface area contributed by atoms with Crippen LogP contribution in [-0.4, -0.2) is 15.4 Å². The number of benzene rings is 2. The highest BCUT2D eigenvalue weighted by Crippen LogP contribution is 2.41. The molecule has 1 aliphatic rings. The van der Waals surface area contributed by atoms with Gasteiger partial charge in [-0.05, 0) is 47.1 Å². The molecule has 1 aromatic heterocycles. The van der Waals surface area contributed by atoms with E-state index in [2.05, 4.69) is 39.9 Å². The van der Waals surface area contributed by atoms with E-state index < -0.39 is 0 Å². The third kappa shape index (κ3) is 2.55. The van der Waals surface area contributed by atoms with E-state index in [9.17, 15) is 4.79 Å². The molecule has 0 saturated heterocycles. The summed E-state index contributed by atoms with van der Waals surface area (Å²) >= 11 is 1.25. The number of carbonyl (C=O) groups is 1. The van der Waals surface area contributed by atoms with E-state index in [1.165, 1.54) is 27.9 Å². The first-order valence-corrected chi connectivity index (χ1v) is 8.42. The molecule has 22 heavy (non-hydrogen) atoms. The first kappa shape index (κ1) is 13.6. The van der Waals surface area contributed by atoms with Gasteiger partial charge in [0, 0.05) is 12.3 Å². The van der Waals surface area contributed by atoms with Crippen molar-refractivity contribution in [2.75, 3.05) is 0 Å². The smallest absolute Gasteiger partial charge is 0.176 e. The van der Waals surface area contributed by atoms with Gasteiger partial charge in [0.2, 0.25) is 0 Å². The largest absolute Gasteiger partial charge is 0.293 e. The Morgan fingerprint density at radius 3 is 2.82 bits per heavy atom. The number of hydrogen-bond donors (Lipinski definition) is 0. The van der Waals surface area contributed by atoms with Gasteiger partial charge >= 0.3 is 0 Å². The van der Waals surface area contributed by atoms with Crippen LogP contribution in [0, 0.1) is 0 Å². The van der Waals surface area contributed by atoms with Gasteiger partial charge in [-0.1, -0.05) is 47.0 Å². The van der Waals surface area contributed by atoms with E-state index in [4.69, 9.17) is 0 Å². The van der Waals surface area contributed by atoms with E-state index in [0.717, 1.165) is 29.8 Å². The van der Waals surface area contributed by atoms with Gasteiger partial charge in [-0.3, -0.25) is 4.79 Å². The van der Waals surface area contributed by atoms with E-state index in [-0.39, 0.29) is 5.78 Å². The van der Waals surface area contributed by atoms with Crippen molar-refractivity contribution >= 4 is 28.1 Å². The number of Topliss-reactive ketones (excluding diaryl/α,β-unsaturated/α-hetero) is 1. The van der Waals surface area contributed by atoms with E-state index in [1.54, 1.807) is 0 Å². The number of carbonyl (C=O) groups excluding carboxylic acids is 1. The fourth-order valence-corrected chi connectivity index (χ4v) is 3.60. The van der Waals surface area contributed by atoms with Crippen molar-refractivity contribution < 1.29 is 4.79 Å². The summed E-state index contributed by atoms with van der Waals surface area (Å²) in [6, 6.07) is 14.6. The Balaban J connectivity index is 1.54. The molecule has 2 aromatic carbocycles. The molecule has 0 amide bonds. The van der Waals surface area contributed by atoms with Crippen molar-refractivity contribution in [3.05, 3.63) is 58.6 Å². The predicted molar refractivity (Wildman–Crippen MR) is 88.5 cm³/mol. The fraction of sp³-hybridized carbons (Fsp3) is 0.278. The van der Waals surface area contributed by atoms with E-state index >= 15 is 0 Å². The number of rotatable bonds is 5. The number of fused-ring (bicyclic) bond motifs is 1. The van der Waals surface area contributed by atoms with E-state index in [0.29, 0.717) is 12.3 Å². The Hall–Kier alpha value is -2.07. The van der Waals surface area contributed by atoms with Gasteiger partial charge < -0.3 is 0 Å². The number of nitrogens with zero attached hydrogens (tertiary/aromatic N) is 2. The third-order valence-corrected chi connectivity index (χ3v) is 5.01. The summed E-state index contributed by atoms with van der Waals surface area (Å²) in [5, 5.41) is 6.62. The summed E-state index contributed by atoms with van der Waals surface area (Å²) in [5.74, 6) is 0.667. The molecule has 0 atom stereocenters. The molecule has 0 radical (unpaired) electrons. The standard InChI is InChI=1S/C18H16N2OS/c21-16(18-17(14-8-9-14)19-20-22-18)11-10-13-6-3-5-12-4-1-2-7-15(12)13/h1-7,14H,8-11H2. The van der Waals surface area contributed by atoms with Crippen LogP contribution in [0.25, 0.3) is 10.8 Å². The van der Waals surface area contributed by atoms with Gasteiger partial charge in [-0.15, -0.1) is 5.10 Å². The van der Waals surface area contributed by atoms with Crippen molar-refractivity contribution in [1.82, 2.24) is 9.59 Å². The molecule has 1 heterocycles. The summed E-state index contributed by atoms with van der Waals surface area (Å²) in [6.45, 7) is 0. The molecule has 0 N–H and O–H groups in total. The summed E-state index contributed by atoms with van der Waals surface area (Å²) in [5.41, 5.74) is 2.17. The van der Waals surface area contributed by atoms with Crippen LogP contribution >= 0.6 is 11.5 Å². The maximum atomic E-state index is 12.5. The molecule has 110 valence electrons. The maximum absolute atomic E-state index is 12.5. The van der Waals surface area contributed by atoms with Crippen LogP contribution < -0.4 is 0 Å². The second-order valence-electron chi connectivity index (χ2n) is 5.82. The Morgan fingerprint density at radius 2 is 1.95 bits per heavy atom. The molecule has 4 rings (SSSR count). The van der Waals surface area contributed by atoms with Gasteiger partial charge in [0.05, 0.1) is 5.69 Å². The molecule has 3 nitrogen and oxygen atoms in total. The number of aryl methyl sites for hydroxylation is 1. The first-order chi connectivity index (χ1) is 10.8. The molecule has 0 bridgehead atoms. The third-order valence-electron chi connectivity index (χ3n) is 4.23. The minimum absolute atomic E-state index is 0.185. The van der Waals surface area contributed by atoms with Crippen LogP contribution in [0.3, 0.4) is 0 Å². The Morgan fingerprint density at radius 1 is 1.14 bits per heavy atom. The van der Waals surface area contributed by atoms with Gasteiger partial charge in [-0.25, -0.2) is 0 Å². The lowest BCUT2D eigenvalue weighted by Crippen LogP contribution is -2.02. The van der Waals surface area contributed by atoms with Crippen LogP contribution in [0.5, 0.6) is 0 Å². The minimum Gasteiger partial charge on any atom is -0.293 e. The average Bonchev–Trinajstić information content (AvgIpc) is 3.29. The molecule has 1 saturated carbocycles. The average molecular weight is 308 g/mol. The molecule has 1 fully saturated rings. The monoisotopic (exact) mass is 308 g/mol. The number of aromatic nitrogens is 2. The van der Waals surface area contributed by atoms with Gasteiger partial charge in [0.1, 0.15) is 4.88 Å². The van der Waals surface area contributed by atoms with Crippen molar-refractivity contribution in [3.63, 3.8) is 0 Å². The van der Waals surface area contributed by atoms with Crippen LogP contribution in [0.15, 0.2) is 42.5 Å². The van der Waals surface area contributed by atoms with Crippen molar-refractivity contribution in [1.29, 1.82) is 0 Å². The second kappa shape index (κ2) is 5.61. The summed E-state index contributed by atoms with van der Waals surface area (Å²) in [6.07, 6.45) is 3.59. The Labute approximate surface area is 133 Å². The molecule has 0 unspecified atom stereocenters. The molecule has 0 aliphatic heterocycles. The lowest BCUT2D eigenvalue weighted by molar-refractivity contribution is 0.0985. The van der Waals surface area contributed by atoms with Gasteiger partial charge in [0.25, 0.3) is 0 Å². The molecule has 0 spiro atoms. The van der Waals surface area contributed by atoms with Crippen molar-refractivity contribution in [2.24, 2.45) is 0 Å². The molecule has 4 heteroatoms. The highest BCUT2D eigenvalue weighted by atomic mass is 32.1. The number of hydrogen-bond acceptors (Lipinski definition) is 4. The summed E-state index contributed by atoms with van der Waals surface area (Å²) in [4.78, 5) is 13.3. The molecule has 3 aromatic rings. The zero-order valence-electron chi connectivity index (χ0n) is 12.2. The maximum Gasteiger partial charge on any atom is 0.176 e. The highest BCUT2D eigenvalue weighted by Gasteiger charge is 2.31. The van der Waals surface area contributed by atoms with Gasteiger partial charge in [-0.2, -0.15) is 0 Å². The van der Waals surface area contributed by atoms with Crippen molar-refractivity contribution in [2.45, 2.75) is 31.6 Å². The normalized spacial score (nSPS) is 14.4. The molecular weight excluding hydrogens is 292 g/mol. The first-order valence-electron chi connectivity index (χ1n) is 7.65. The van der Waals surface area contributed by atoms with Crippen LogP contribution in [-0.2, 0) is 6.42 Å². The summed E-state index contributed by atoms with van der Waals surface area (Å²) < 4.78 is 3.98. The highest BCUT2D eigenvalue weighted by molar-refractivity contribution is 7.08. The lowest BCUT2D eigenvalue weighted by Gasteiger charge is -2.06. The zero-order chi connectivity index (χ0) is 14.9. The van der Waals surface area contributed by atoms with Crippen molar-refractivity contribution in [3.8, 4) is 0 Å². The van der Waals surface area contributed by atoms with E-state index in [1.807, 2.05) is 12.1 Å². The van der Waals surface area contributed by atoms with Crippen LogP contribution in [0.1, 0.15) is 46.1 Å². The number of ketones is 1. The SMILES string of the molecule is O=C(CCc1cccc2ccccc12)c1snnc1C1CC1. The summed E-state index contributed by atoms with van der Waals surface area (Å²) in [7, 11) is 0. The van der Waals surface area contributed by atoms with Crippen LogP contribution in [0.2, 0.25) is 0 Å². The second-order valence-corrected chi connectivity index (χ2v) is 6.58. The topological polar surface area (TPSA) is 42.9 Å². The predicted octanol–water partition coefficient (Wildman–Crippen LogP) is 4.38.